The quantitative estimate of drug-likeness (QED) is 0.395. The van der Waals surface area contributed by atoms with Gasteiger partial charge in [-0.1, -0.05) is 0 Å². The molecule has 0 N–H and O–H groups in total. The first-order valence-corrected chi connectivity index (χ1v) is 13.4. The zero-order chi connectivity index (χ0) is 10.8. The van der Waals surface area contributed by atoms with E-state index in [0.717, 1.165) is 78.3 Å². The van der Waals surface area contributed by atoms with Gasteiger partial charge in [-0.15, -0.1) is 0 Å². The maximum atomic E-state index is 5.85. The summed E-state index contributed by atoms with van der Waals surface area (Å²) >= 11 is 1.66. The van der Waals surface area contributed by atoms with Crippen LogP contribution in [0, 0.1) is 0 Å². The summed E-state index contributed by atoms with van der Waals surface area (Å²) in [5.41, 5.74) is 0. The molecule has 2 atom stereocenters. The van der Waals surface area contributed by atoms with Gasteiger partial charge in [-0.3, -0.25) is 0 Å². The van der Waals surface area contributed by atoms with Crippen molar-refractivity contribution in [3.8, 4) is 0 Å². The summed E-state index contributed by atoms with van der Waals surface area (Å²) in [5, 5.41) is 0. The Hall–Kier alpha value is 1.79. The molecule has 0 bridgehead atoms. The van der Waals surface area contributed by atoms with E-state index in [0.29, 0.717) is 12.2 Å². The predicted molar refractivity (Wildman–Crippen MR) is 49.7 cm³/mol. The van der Waals surface area contributed by atoms with E-state index in [1.54, 1.807) is 0 Å². The second-order valence-electron chi connectivity index (χ2n) is 3.40. The van der Waals surface area contributed by atoms with E-state index in [1.807, 2.05) is 0 Å². The van der Waals surface area contributed by atoms with Crippen LogP contribution >= 0.6 is 0 Å². The first kappa shape index (κ1) is 15.8. The van der Waals surface area contributed by atoms with Gasteiger partial charge in [-0.05, 0) is 0 Å². The third-order valence-corrected chi connectivity index (χ3v) is 6.48. The normalized spacial score (nSPS) is 15.6. The molecule has 0 heterocycles. The molecule has 2 unspecified atom stereocenters. The molecule has 0 spiro atoms. The van der Waals surface area contributed by atoms with Gasteiger partial charge >= 0.3 is 122 Å². The molecule has 0 aliphatic carbocycles. The van der Waals surface area contributed by atoms with Gasteiger partial charge in [0.2, 0.25) is 0 Å². The topological polar surface area (TPSA) is 18.5 Å². The molecule has 14 heavy (non-hydrogen) atoms. The van der Waals surface area contributed by atoms with Crippen molar-refractivity contribution in [3.63, 3.8) is 0 Å². The summed E-state index contributed by atoms with van der Waals surface area (Å²) in [5.74, 6) is 0. The zero-order valence-electron chi connectivity index (χ0n) is 9.63. The third kappa shape index (κ3) is 7.13. The fourth-order valence-corrected chi connectivity index (χ4v) is 5.48. The predicted octanol–water partition coefficient (Wildman–Crippen LogP) is 2.51. The van der Waals surface area contributed by atoms with Crippen molar-refractivity contribution in [2.45, 2.75) is 46.8 Å². The van der Waals surface area contributed by atoms with Crippen molar-refractivity contribution >= 4 is 0 Å². The third-order valence-electron chi connectivity index (χ3n) is 2.06. The molecule has 0 radical (unpaired) electrons. The molecule has 0 aliphatic rings. The molecule has 2 nitrogen and oxygen atoms in total. The Morgan fingerprint density at radius 2 is 1.21 bits per heavy atom. The molecule has 0 fully saturated rings. The minimum atomic E-state index is 0.419. The van der Waals surface area contributed by atoms with Gasteiger partial charge in [0, 0.05) is 0 Å². The van der Waals surface area contributed by atoms with Crippen LogP contribution in [0.3, 0.4) is 0 Å². The molecule has 0 aliphatic heterocycles. The standard InChI is InChI=1S/C10H20O2.2Hg/c1-5-7-11-9(3)10(4)12-8-6-2;;/h9-10H,3-8H2,1-2H3;;. The first-order chi connectivity index (χ1) is 6.79. The molecular formula is C10H20Hg2O2. The first-order valence-electron chi connectivity index (χ1n) is 5.61. The molecule has 0 aromatic rings. The Morgan fingerprint density at radius 1 is 0.857 bits per heavy atom. The summed E-state index contributed by atoms with van der Waals surface area (Å²) in [7, 11) is 0. The minimum absolute atomic E-state index is 0.419. The van der Waals surface area contributed by atoms with E-state index >= 15 is 0 Å². The van der Waals surface area contributed by atoms with E-state index < -0.39 is 0 Å². The van der Waals surface area contributed by atoms with E-state index in [-0.39, 0.29) is 0 Å². The molecule has 0 saturated heterocycles. The van der Waals surface area contributed by atoms with Crippen molar-refractivity contribution in [1.82, 2.24) is 0 Å². The fraction of sp³-hybridized carbons (Fsp3) is 1.00. The van der Waals surface area contributed by atoms with Crippen LogP contribution in [0.5, 0.6) is 0 Å². The van der Waals surface area contributed by atoms with Gasteiger partial charge in [-0.25, -0.2) is 0 Å². The molecule has 0 amide bonds. The summed E-state index contributed by atoms with van der Waals surface area (Å²) in [4.78, 5) is 0. The van der Waals surface area contributed by atoms with Crippen LogP contribution in [0.4, 0.5) is 0 Å². The summed E-state index contributed by atoms with van der Waals surface area (Å²) in [6, 6.07) is 0. The van der Waals surface area contributed by atoms with Crippen LogP contribution in [0.25, 0.3) is 0 Å². The van der Waals surface area contributed by atoms with E-state index in [2.05, 4.69) is 13.8 Å². The molecule has 0 aromatic carbocycles. The van der Waals surface area contributed by atoms with E-state index in [9.17, 15) is 0 Å². The zero-order valence-corrected chi connectivity index (χ0v) is 20.6. The summed E-state index contributed by atoms with van der Waals surface area (Å²) in [6.07, 6.45) is 3.08. The SMILES string of the molecule is CCCOC([CH2][Hg])C([CH2][Hg])OCCC. The van der Waals surface area contributed by atoms with Crippen molar-refractivity contribution in [1.29, 1.82) is 0 Å². The Balaban J connectivity index is 3.87. The molecule has 4 heteroatoms. The van der Waals surface area contributed by atoms with Crippen LogP contribution in [-0.4, -0.2) is 25.4 Å². The Morgan fingerprint density at radius 3 is 1.43 bits per heavy atom. The number of hydrogen-bond donors (Lipinski definition) is 0. The second kappa shape index (κ2) is 11.3. The number of rotatable bonds is 9. The van der Waals surface area contributed by atoms with Gasteiger partial charge in [0.05, 0.1) is 0 Å². The maximum absolute atomic E-state index is 5.85. The van der Waals surface area contributed by atoms with Crippen molar-refractivity contribution in [2.75, 3.05) is 13.2 Å². The van der Waals surface area contributed by atoms with Crippen LogP contribution in [-0.2, 0) is 61.7 Å². The monoisotopic (exact) mass is 576 g/mol. The van der Waals surface area contributed by atoms with Crippen LogP contribution in [0.15, 0.2) is 0 Å². The Kier molecular flexibility index (Phi) is 12.7. The van der Waals surface area contributed by atoms with E-state index in [1.165, 1.54) is 7.86 Å². The molecule has 76 valence electrons. The molecule has 0 saturated carbocycles. The van der Waals surface area contributed by atoms with E-state index in [4.69, 9.17) is 9.47 Å². The Labute approximate surface area is 120 Å². The summed E-state index contributed by atoms with van der Waals surface area (Å²) < 4.78 is 14.2. The number of hydrogen-bond acceptors (Lipinski definition) is 2. The summed E-state index contributed by atoms with van der Waals surface area (Å²) in [6.45, 7) is 6.14. The van der Waals surface area contributed by atoms with Crippen molar-refractivity contribution < 1.29 is 61.7 Å². The van der Waals surface area contributed by atoms with Gasteiger partial charge in [-0.2, -0.15) is 0 Å². The fourth-order valence-electron chi connectivity index (χ4n) is 1.29. The van der Waals surface area contributed by atoms with Gasteiger partial charge in [0.1, 0.15) is 0 Å². The molecule has 0 rings (SSSR count). The molecule has 0 aromatic heterocycles. The van der Waals surface area contributed by atoms with Crippen molar-refractivity contribution in [3.05, 3.63) is 0 Å². The second-order valence-corrected chi connectivity index (χ2v) is 7.88. The average molecular weight is 573 g/mol. The van der Waals surface area contributed by atoms with Crippen molar-refractivity contribution in [2.24, 2.45) is 0 Å². The average Bonchev–Trinajstić information content (AvgIpc) is 2.23. The Bertz CT molecular complexity index is 109. The van der Waals surface area contributed by atoms with Gasteiger partial charge in [0.25, 0.3) is 0 Å². The van der Waals surface area contributed by atoms with Crippen LogP contribution in [0.1, 0.15) is 26.7 Å². The molecular weight excluding hydrogens is 553 g/mol. The van der Waals surface area contributed by atoms with Gasteiger partial charge < -0.3 is 0 Å². The van der Waals surface area contributed by atoms with Crippen LogP contribution in [0.2, 0.25) is 7.86 Å². The van der Waals surface area contributed by atoms with Crippen LogP contribution < -0.4 is 0 Å². The van der Waals surface area contributed by atoms with Gasteiger partial charge in [0.15, 0.2) is 0 Å². The number of ether oxygens (including phenoxy) is 2.